The van der Waals surface area contributed by atoms with Gasteiger partial charge in [0.25, 0.3) is 0 Å². The van der Waals surface area contributed by atoms with Gasteiger partial charge in [0.2, 0.25) is 5.88 Å². The Hall–Kier alpha value is -3.62. The first-order valence-corrected chi connectivity index (χ1v) is 7.14. The van der Waals surface area contributed by atoms with Crippen molar-refractivity contribution in [3.63, 3.8) is 0 Å². The number of carbonyl (C=O) groups is 1. The van der Waals surface area contributed by atoms with Crippen LogP contribution in [-0.4, -0.2) is 20.7 Å². The van der Waals surface area contributed by atoms with E-state index >= 15 is 0 Å². The minimum absolute atomic E-state index is 0.0603. The molecule has 8 nitrogen and oxygen atoms in total. The Labute approximate surface area is 141 Å². The molecule has 0 bridgehead atoms. The minimum atomic E-state index is -0.925. The standard InChI is InChI=1S/C16H12FN5O3/c17-12-3-1-2-10(6-12)9-25-15-8-13(18)20-22(15)14-7-11(4-5-19-14)16(23)21-24/h1-8H,9H2,(H2,18,20). The number of nitrogen functional groups attached to an aromatic ring is 1. The van der Waals surface area contributed by atoms with Crippen molar-refractivity contribution in [1.82, 2.24) is 14.8 Å². The molecule has 0 aliphatic rings. The van der Waals surface area contributed by atoms with Gasteiger partial charge in [-0.05, 0) is 29.8 Å². The van der Waals surface area contributed by atoms with Crippen molar-refractivity contribution >= 4 is 11.7 Å². The fourth-order valence-corrected chi connectivity index (χ4v) is 2.15. The number of amides is 1. The lowest BCUT2D eigenvalue weighted by molar-refractivity contribution is 0.100. The third kappa shape index (κ3) is 3.66. The van der Waals surface area contributed by atoms with Crippen LogP contribution in [0.25, 0.3) is 5.82 Å². The first-order valence-electron chi connectivity index (χ1n) is 7.14. The van der Waals surface area contributed by atoms with Gasteiger partial charge in [0.05, 0.1) is 5.56 Å². The quantitative estimate of drug-likeness (QED) is 0.713. The highest BCUT2D eigenvalue weighted by Gasteiger charge is 2.14. The smallest absolute Gasteiger partial charge is 0.316 e. The van der Waals surface area contributed by atoms with E-state index in [4.69, 9.17) is 10.5 Å². The number of halogens is 1. The monoisotopic (exact) mass is 341 g/mol. The van der Waals surface area contributed by atoms with E-state index in [0.29, 0.717) is 5.56 Å². The maximum Gasteiger partial charge on any atom is 0.316 e. The summed E-state index contributed by atoms with van der Waals surface area (Å²) in [5, 5.41) is 6.42. The Morgan fingerprint density at radius 2 is 2.12 bits per heavy atom. The molecule has 3 aromatic rings. The van der Waals surface area contributed by atoms with E-state index in [1.165, 1.54) is 41.2 Å². The number of hydrogen-bond donors (Lipinski definition) is 1. The summed E-state index contributed by atoms with van der Waals surface area (Å²) in [6, 6.07) is 10.1. The summed E-state index contributed by atoms with van der Waals surface area (Å²) in [6.07, 6.45) is 1.34. The second-order valence-electron chi connectivity index (χ2n) is 5.04. The van der Waals surface area contributed by atoms with E-state index in [2.05, 4.69) is 15.3 Å². The predicted molar refractivity (Wildman–Crippen MR) is 86.6 cm³/mol. The van der Waals surface area contributed by atoms with E-state index in [-0.39, 0.29) is 35.5 Å². The third-order valence-corrected chi connectivity index (χ3v) is 3.26. The van der Waals surface area contributed by atoms with Crippen molar-refractivity contribution in [2.24, 2.45) is 5.18 Å². The molecule has 0 atom stereocenters. The van der Waals surface area contributed by atoms with Crippen molar-refractivity contribution in [2.75, 3.05) is 5.73 Å². The Kier molecular flexibility index (Phi) is 4.46. The van der Waals surface area contributed by atoms with Crippen molar-refractivity contribution < 1.29 is 13.9 Å². The Balaban J connectivity index is 1.88. The van der Waals surface area contributed by atoms with E-state index in [0.717, 1.165) is 0 Å². The maximum atomic E-state index is 13.2. The van der Waals surface area contributed by atoms with Gasteiger partial charge in [0, 0.05) is 17.4 Å². The highest BCUT2D eigenvalue weighted by Crippen LogP contribution is 2.21. The lowest BCUT2D eigenvalue weighted by Crippen LogP contribution is -2.06. The third-order valence-electron chi connectivity index (χ3n) is 3.26. The molecule has 0 unspecified atom stereocenters. The van der Waals surface area contributed by atoms with Crippen LogP contribution >= 0.6 is 0 Å². The molecule has 0 aliphatic carbocycles. The number of nitroso groups, excluding NO2 is 1. The van der Waals surface area contributed by atoms with Crippen molar-refractivity contribution in [2.45, 2.75) is 6.61 Å². The molecular weight excluding hydrogens is 329 g/mol. The number of anilines is 1. The molecule has 2 N–H and O–H groups in total. The molecule has 0 saturated carbocycles. The normalized spacial score (nSPS) is 10.4. The summed E-state index contributed by atoms with van der Waals surface area (Å²) >= 11 is 0. The molecule has 2 aromatic heterocycles. The number of aromatic nitrogens is 3. The number of nitrogens with two attached hydrogens (primary N) is 1. The largest absolute Gasteiger partial charge is 0.473 e. The van der Waals surface area contributed by atoms with Gasteiger partial charge in [0.15, 0.2) is 5.82 Å². The second kappa shape index (κ2) is 6.87. The molecule has 0 aliphatic heterocycles. The SMILES string of the molecule is Nc1cc(OCc2cccc(F)c2)n(-c2cc(C(=O)N=O)ccn2)n1. The van der Waals surface area contributed by atoms with Gasteiger partial charge in [-0.3, -0.25) is 4.79 Å². The van der Waals surface area contributed by atoms with Gasteiger partial charge >= 0.3 is 5.91 Å². The van der Waals surface area contributed by atoms with Crippen LogP contribution < -0.4 is 10.5 Å². The zero-order chi connectivity index (χ0) is 17.8. The molecule has 1 aromatic carbocycles. The van der Waals surface area contributed by atoms with Gasteiger partial charge in [0.1, 0.15) is 18.2 Å². The Bertz CT molecular complexity index is 941. The van der Waals surface area contributed by atoms with Gasteiger partial charge in [-0.15, -0.1) is 10.0 Å². The Morgan fingerprint density at radius 3 is 2.88 bits per heavy atom. The average molecular weight is 341 g/mol. The van der Waals surface area contributed by atoms with E-state index in [9.17, 15) is 14.1 Å². The van der Waals surface area contributed by atoms with E-state index in [1.54, 1.807) is 12.1 Å². The molecule has 2 heterocycles. The summed E-state index contributed by atoms with van der Waals surface area (Å²) in [7, 11) is 0. The molecule has 1 amide bonds. The average Bonchev–Trinajstić information content (AvgIpc) is 3.00. The number of hydrogen-bond acceptors (Lipinski definition) is 6. The summed E-state index contributed by atoms with van der Waals surface area (Å²) in [6.45, 7) is 0.0808. The number of pyridine rings is 1. The van der Waals surface area contributed by atoms with Crippen molar-refractivity contribution in [1.29, 1.82) is 0 Å². The van der Waals surface area contributed by atoms with Gasteiger partial charge in [-0.2, -0.15) is 4.68 Å². The summed E-state index contributed by atoms with van der Waals surface area (Å²) < 4.78 is 20.1. The predicted octanol–water partition coefficient (Wildman–Crippen LogP) is 2.47. The molecule has 0 spiro atoms. The number of ether oxygens (including phenoxy) is 1. The van der Waals surface area contributed by atoms with Crippen LogP contribution in [0.1, 0.15) is 15.9 Å². The van der Waals surface area contributed by atoms with Crippen LogP contribution in [0.2, 0.25) is 0 Å². The zero-order valence-corrected chi connectivity index (χ0v) is 12.8. The molecular formula is C16H12FN5O3. The molecule has 0 saturated heterocycles. The van der Waals surface area contributed by atoms with Crippen LogP contribution in [0.15, 0.2) is 53.8 Å². The fourth-order valence-electron chi connectivity index (χ4n) is 2.15. The van der Waals surface area contributed by atoms with Crippen LogP contribution in [0.5, 0.6) is 5.88 Å². The van der Waals surface area contributed by atoms with Crippen molar-refractivity contribution in [3.8, 4) is 11.7 Å². The molecule has 25 heavy (non-hydrogen) atoms. The number of carbonyl (C=O) groups excluding carboxylic acids is 1. The highest BCUT2D eigenvalue weighted by molar-refractivity contribution is 5.95. The Morgan fingerprint density at radius 1 is 1.28 bits per heavy atom. The van der Waals surface area contributed by atoms with E-state index < -0.39 is 5.91 Å². The molecule has 3 rings (SSSR count). The second-order valence-corrected chi connectivity index (χ2v) is 5.04. The summed E-state index contributed by atoms with van der Waals surface area (Å²) in [4.78, 5) is 25.9. The first kappa shape index (κ1) is 16.2. The van der Waals surface area contributed by atoms with Crippen LogP contribution in [0.3, 0.4) is 0 Å². The molecule has 0 radical (unpaired) electrons. The number of benzene rings is 1. The van der Waals surface area contributed by atoms with Crippen LogP contribution in [-0.2, 0) is 6.61 Å². The fraction of sp³-hybridized carbons (Fsp3) is 0.0625. The van der Waals surface area contributed by atoms with Crippen LogP contribution in [0, 0.1) is 10.7 Å². The number of rotatable bonds is 5. The molecule has 9 heteroatoms. The summed E-state index contributed by atoms with van der Waals surface area (Å²) in [5.41, 5.74) is 6.38. The van der Waals surface area contributed by atoms with Gasteiger partial charge in [-0.25, -0.2) is 9.37 Å². The highest BCUT2D eigenvalue weighted by atomic mass is 19.1. The molecule has 126 valence electrons. The van der Waals surface area contributed by atoms with Crippen LogP contribution in [0.4, 0.5) is 10.2 Å². The van der Waals surface area contributed by atoms with Crippen molar-refractivity contribution in [3.05, 3.63) is 70.5 Å². The minimum Gasteiger partial charge on any atom is -0.473 e. The van der Waals surface area contributed by atoms with Gasteiger partial charge < -0.3 is 10.5 Å². The molecule has 0 fully saturated rings. The number of nitrogens with zero attached hydrogens (tertiary/aromatic N) is 4. The zero-order valence-electron chi connectivity index (χ0n) is 12.8. The topological polar surface area (TPSA) is 112 Å². The lowest BCUT2D eigenvalue weighted by Gasteiger charge is -2.09. The van der Waals surface area contributed by atoms with E-state index in [1.807, 2.05) is 0 Å². The first-order chi connectivity index (χ1) is 12.1. The lowest BCUT2D eigenvalue weighted by atomic mass is 10.2. The van der Waals surface area contributed by atoms with Gasteiger partial charge in [-0.1, -0.05) is 12.1 Å². The maximum absolute atomic E-state index is 13.2. The summed E-state index contributed by atoms with van der Waals surface area (Å²) in [5.74, 6) is -0.658.